The highest BCUT2D eigenvalue weighted by Gasteiger charge is 2.51. The van der Waals surface area contributed by atoms with Crippen molar-refractivity contribution in [3.05, 3.63) is 60.8 Å². The average Bonchev–Trinajstić information content (AvgIpc) is 3.24. The topological polar surface area (TPSA) is 51.0 Å². The second-order valence-electron chi connectivity index (χ2n) is 6.94. The van der Waals surface area contributed by atoms with Crippen molar-refractivity contribution in [3.8, 4) is 11.3 Å². The minimum atomic E-state index is -4.49. The molecule has 3 aromatic rings. The van der Waals surface area contributed by atoms with Gasteiger partial charge >= 0.3 is 6.18 Å². The lowest BCUT2D eigenvalue weighted by molar-refractivity contribution is -0.137. The smallest absolute Gasteiger partial charge is 0.331 e. The summed E-state index contributed by atoms with van der Waals surface area (Å²) in [5.41, 5.74) is 0.241. The van der Waals surface area contributed by atoms with Crippen LogP contribution < -0.4 is 0 Å². The standard InChI is InChI=1S/C20H15F5N4O/c1-2-16(30)28-10-15(19(21,22)11-28)29-14-4-3-9-26-18(14)17(27-29)12-5-7-13(8-6-12)20(23,24)25/h2-9,15H,1,10-11H2. The van der Waals surface area contributed by atoms with Crippen molar-refractivity contribution in [2.24, 2.45) is 0 Å². The van der Waals surface area contributed by atoms with Gasteiger partial charge in [0.25, 0.3) is 5.92 Å². The Kier molecular flexibility index (Phi) is 4.59. The number of hydrogen-bond donors (Lipinski definition) is 0. The predicted molar refractivity (Wildman–Crippen MR) is 98.7 cm³/mol. The van der Waals surface area contributed by atoms with E-state index in [1.54, 1.807) is 12.1 Å². The molecular weight excluding hydrogens is 407 g/mol. The van der Waals surface area contributed by atoms with Gasteiger partial charge in [-0.2, -0.15) is 18.3 Å². The molecule has 1 unspecified atom stereocenters. The number of likely N-dealkylation sites (tertiary alicyclic amines) is 1. The average molecular weight is 422 g/mol. The number of aromatic nitrogens is 3. The van der Waals surface area contributed by atoms with Crippen molar-refractivity contribution < 1.29 is 26.7 Å². The molecule has 5 nitrogen and oxygen atoms in total. The molecule has 0 aliphatic carbocycles. The molecule has 2 aromatic heterocycles. The minimum absolute atomic E-state index is 0.184. The quantitative estimate of drug-likeness (QED) is 0.467. The Morgan fingerprint density at radius 1 is 1.20 bits per heavy atom. The molecule has 0 bridgehead atoms. The maximum atomic E-state index is 14.7. The number of benzene rings is 1. The van der Waals surface area contributed by atoms with Gasteiger partial charge in [0.1, 0.15) is 17.3 Å². The molecule has 0 radical (unpaired) electrons. The number of alkyl halides is 5. The molecule has 0 N–H and O–H groups in total. The van der Waals surface area contributed by atoms with E-state index in [-0.39, 0.29) is 17.8 Å². The number of halogens is 5. The van der Waals surface area contributed by atoms with Crippen LogP contribution in [0.4, 0.5) is 22.0 Å². The highest BCUT2D eigenvalue weighted by Crippen LogP contribution is 2.40. The third-order valence-electron chi connectivity index (χ3n) is 5.01. The van der Waals surface area contributed by atoms with E-state index in [1.165, 1.54) is 18.3 Å². The third-order valence-corrected chi connectivity index (χ3v) is 5.01. The van der Waals surface area contributed by atoms with Gasteiger partial charge in [-0.1, -0.05) is 18.7 Å². The molecule has 1 aliphatic rings. The third kappa shape index (κ3) is 3.31. The van der Waals surface area contributed by atoms with Gasteiger partial charge in [0, 0.05) is 18.3 Å². The molecule has 30 heavy (non-hydrogen) atoms. The van der Waals surface area contributed by atoms with Crippen molar-refractivity contribution >= 4 is 16.9 Å². The van der Waals surface area contributed by atoms with E-state index in [0.29, 0.717) is 11.1 Å². The molecule has 1 aliphatic heterocycles. The summed E-state index contributed by atoms with van der Waals surface area (Å²) in [7, 11) is 0. The maximum Gasteiger partial charge on any atom is 0.416 e. The van der Waals surface area contributed by atoms with Gasteiger partial charge in [-0.25, -0.2) is 8.78 Å². The van der Waals surface area contributed by atoms with E-state index < -0.39 is 36.2 Å². The molecule has 1 saturated heterocycles. The number of fused-ring (bicyclic) bond motifs is 1. The van der Waals surface area contributed by atoms with Gasteiger partial charge in [-0.3, -0.25) is 14.5 Å². The number of pyridine rings is 1. The van der Waals surface area contributed by atoms with Crippen LogP contribution in [-0.2, 0) is 11.0 Å². The number of rotatable bonds is 3. The number of hydrogen-bond acceptors (Lipinski definition) is 3. The van der Waals surface area contributed by atoms with E-state index in [2.05, 4.69) is 16.7 Å². The molecule has 10 heteroatoms. The SMILES string of the molecule is C=CC(=O)N1CC(n2nc(-c3ccc(C(F)(F)F)cc3)c3ncccc32)C(F)(F)C1. The Balaban J connectivity index is 1.80. The van der Waals surface area contributed by atoms with Crippen LogP contribution >= 0.6 is 0 Å². The van der Waals surface area contributed by atoms with Gasteiger partial charge in [-0.15, -0.1) is 0 Å². The second-order valence-corrected chi connectivity index (χ2v) is 6.94. The van der Waals surface area contributed by atoms with Gasteiger partial charge in [0.05, 0.1) is 17.6 Å². The Labute approximate surface area is 167 Å². The molecule has 156 valence electrons. The van der Waals surface area contributed by atoms with Gasteiger partial charge in [-0.05, 0) is 30.3 Å². The van der Waals surface area contributed by atoms with Crippen molar-refractivity contribution in [3.63, 3.8) is 0 Å². The summed E-state index contributed by atoms with van der Waals surface area (Å²) >= 11 is 0. The van der Waals surface area contributed by atoms with E-state index in [9.17, 15) is 26.7 Å². The number of carbonyl (C=O) groups excluding carboxylic acids is 1. The first-order valence-electron chi connectivity index (χ1n) is 8.92. The van der Waals surface area contributed by atoms with Crippen LogP contribution in [0.3, 0.4) is 0 Å². The molecule has 0 saturated carbocycles. The van der Waals surface area contributed by atoms with Gasteiger partial charge < -0.3 is 4.90 Å². The molecule has 1 amide bonds. The lowest BCUT2D eigenvalue weighted by Crippen LogP contribution is -2.31. The zero-order chi connectivity index (χ0) is 21.7. The number of nitrogens with zero attached hydrogens (tertiary/aromatic N) is 4. The van der Waals surface area contributed by atoms with E-state index >= 15 is 0 Å². The zero-order valence-electron chi connectivity index (χ0n) is 15.4. The Morgan fingerprint density at radius 2 is 1.90 bits per heavy atom. The van der Waals surface area contributed by atoms with Crippen LogP contribution in [0, 0.1) is 0 Å². The monoisotopic (exact) mass is 422 g/mol. The van der Waals surface area contributed by atoms with Gasteiger partial charge in [0.15, 0.2) is 0 Å². The number of carbonyl (C=O) groups is 1. The molecule has 1 aromatic carbocycles. The molecule has 1 atom stereocenters. The first kappa shape index (κ1) is 20.0. The lowest BCUT2D eigenvalue weighted by atomic mass is 10.1. The van der Waals surface area contributed by atoms with Crippen LogP contribution in [0.15, 0.2) is 55.3 Å². The molecule has 1 fully saturated rings. The summed E-state index contributed by atoms with van der Waals surface area (Å²) in [5.74, 6) is -3.88. The predicted octanol–water partition coefficient (Wildman–Crippen LogP) is 4.32. The minimum Gasteiger partial charge on any atom is -0.331 e. The fraction of sp³-hybridized carbons (Fsp3) is 0.250. The number of amides is 1. The Bertz CT molecular complexity index is 1120. The summed E-state index contributed by atoms with van der Waals surface area (Å²) in [4.78, 5) is 17.0. The highest BCUT2D eigenvalue weighted by molar-refractivity contribution is 5.90. The maximum absolute atomic E-state index is 14.7. The summed E-state index contributed by atoms with van der Waals surface area (Å²) in [6, 6.07) is 5.91. The molecule has 0 spiro atoms. The van der Waals surface area contributed by atoms with Gasteiger partial charge in [0.2, 0.25) is 5.91 Å². The summed E-state index contributed by atoms with van der Waals surface area (Å²) < 4.78 is 69.1. The normalized spacial score (nSPS) is 18.7. The van der Waals surface area contributed by atoms with E-state index in [4.69, 9.17) is 0 Å². The lowest BCUT2D eigenvalue weighted by Gasteiger charge is -2.18. The van der Waals surface area contributed by atoms with Crippen LogP contribution in [0.1, 0.15) is 11.6 Å². The summed E-state index contributed by atoms with van der Waals surface area (Å²) in [6.07, 6.45) is -2.08. The molecule has 3 heterocycles. The summed E-state index contributed by atoms with van der Waals surface area (Å²) in [5, 5.41) is 4.28. The summed E-state index contributed by atoms with van der Waals surface area (Å²) in [6.45, 7) is 2.26. The van der Waals surface area contributed by atoms with Crippen molar-refractivity contribution in [1.29, 1.82) is 0 Å². The Hall–Kier alpha value is -3.30. The van der Waals surface area contributed by atoms with E-state index in [1.807, 2.05) is 0 Å². The van der Waals surface area contributed by atoms with Crippen molar-refractivity contribution in [1.82, 2.24) is 19.7 Å². The molecule has 4 rings (SSSR count). The fourth-order valence-electron chi connectivity index (χ4n) is 3.54. The van der Waals surface area contributed by atoms with Crippen LogP contribution in [0.5, 0.6) is 0 Å². The fourth-order valence-corrected chi connectivity index (χ4v) is 3.54. The van der Waals surface area contributed by atoms with Crippen molar-refractivity contribution in [2.75, 3.05) is 13.1 Å². The Morgan fingerprint density at radius 3 is 2.53 bits per heavy atom. The molecular formula is C20H15F5N4O. The largest absolute Gasteiger partial charge is 0.416 e. The second kappa shape index (κ2) is 6.89. The highest BCUT2D eigenvalue weighted by atomic mass is 19.4. The zero-order valence-corrected chi connectivity index (χ0v) is 15.4. The van der Waals surface area contributed by atoms with E-state index in [0.717, 1.165) is 27.8 Å². The van der Waals surface area contributed by atoms with Crippen LogP contribution in [0.2, 0.25) is 0 Å². The first-order valence-corrected chi connectivity index (χ1v) is 8.92. The van der Waals surface area contributed by atoms with Crippen molar-refractivity contribution in [2.45, 2.75) is 18.1 Å². The van der Waals surface area contributed by atoms with Crippen LogP contribution in [0.25, 0.3) is 22.3 Å². The van der Waals surface area contributed by atoms with Crippen LogP contribution in [-0.4, -0.2) is 44.6 Å². The first-order chi connectivity index (χ1) is 14.1.